The van der Waals surface area contributed by atoms with Crippen molar-refractivity contribution in [3.8, 4) is 11.3 Å². The van der Waals surface area contributed by atoms with Crippen molar-refractivity contribution in [2.75, 3.05) is 0 Å². The molecule has 1 aromatic carbocycles. The zero-order valence-electron chi connectivity index (χ0n) is 7.55. The standard InChI is InChI=1S/C11H6Cl3N/c12-7-5-10(15-11(14)6-7)8-3-1-2-4-9(8)13/h1-6H. The molecular weight excluding hydrogens is 252 g/mol. The summed E-state index contributed by atoms with van der Waals surface area (Å²) in [6, 6.07) is 10.7. The molecule has 2 rings (SSSR count). The molecule has 0 bridgehead atoms. The topological polar surface area (TPSA) is 12.9 Å². The van der Waals surface area contributed by atoms with E-state index < -0.39 is 0 Å². The van der Waals surface area contributed by atoms with Crippen LogP contribution in [0.15, 0.2) is 36.4 Å². The third kappa shape index (κ3) is 2.43. The molecule has 0 spiro atoms. The summed E-state index contributed by atoms with van der Waals surface area (Å²) in [4.78, 5) is 4.16. The van der Waals surface area contributed by atoms with Crippen molar-refractivity contribution in [2.45, 2.75) is 0 Å². The lowest BCUT2D eigenvalue weighted by Gasteiger charge is -2.04. The highest BCUT2D eigenvalue weighted by molar-refractivity contribution is 6.35. The Labute approximate surface area is 103 Å². The van der Waals surface area contributed by atoms with Crippen LogP contribution < -0.4 is 0 Å². The van der Waals surface area contributed by atoms with E-state index in [1.807, 2.05) is 18.2 Å². The van der Waals surface area contributed by atoms with Crippen molar-refractivity contribution < 1.29 is 0 Å². The van der Waals surface area contributed by atoms with E-state index in [-0.39, 0.29) is 0 Å². The van der Waals surface area contributed by atoms with Gasteiger partial charge in [0.25, 0.3) is 0 Å². The number of aromatic nitrogens is 1. The van der Waals surface area contributed by atoms with Crippen molar-refractivity contribution in [1.82, 2.24) is 4.98 Å². The fourth-order valence-electron chi connectivity index (χ4n) is 1.27. The molecule has 0 aliphatic carbocycles. The molecule has 0 unspecified atom stereocenters. The van der Waals surface area contributed by atoms with Crippen LogP contribution in [-0.4, -0.2) is 4.98 Å². The van der Waals surface area contributed by atoms with Crippen molar-refractivity contribution in [3.05, 3.63) is 51.6 Å². The van der Waals surface area contributed by atoms with E-state index in [1.54, 1.807) is 18.2 Å². The van der Waals surface area contributed by atoms with Crippen LogP contribution in [0.1, 0.15) is 0 Å². The molecule has 0 amide bonds. The number of rotatable bonds is 1. The second-order valence-electron chi connectivity index (χ2n) is 2.97. The summed E-state index contributed by atoms with van der Waals surface area (Å²) in [6.45, 7) is 0. The Hall–Kier alpha value is -0.760. The SMILES string of the molecule is Clc1cc(Cl)nc(-c2ccccc2Cl)c1. The Morgan fingerprint density at radius 1 is 0.933 bits per heavy atom. The molecule has 0 saturated heterocycles. The van der Waals surface area contributed by atoms with Crippen LogP contribution in [-0.2, 0) is 0 Å². The average molecular weight is 259 g/mol. The predicted molar refractivity (Wildman–Crippen MR) is 64.7 cm³/mol. The Bertz CT molecular complexity index is 477. The highest BCUT2D eigenvalue weighted by Gasteiger charge is 2.06. The van der Waals surface area contributed by atoms with Gasteiger partial charge in [0.2, 0.25) is 0 Å². The number of halogens is 3. The number of hydrogen-bond acceptors (Lipinski definition) is 1. The first-order valence-electron chi connectivity index (χ1n) is 4.25. The van der Waals surface area contributed by atoms with Gasteiger partial charge in [-0.05, 0) is 18.2 Å². The minimum absolute atomic E-state index is 0.359. The summed E-state index contributed by atoms with van der Waals surface area (Å²) in [5.74, 6) is 0. The van der Waals surface area contributed by atoms with E-state index in [0.717, 1.165) is 5.56 Å². The lowest BCUT2D eigenvalue weighted by atomic mass is 10.1. The van der Waals surface area contributed by atoms with Crippen molar-refractivity contribution in [2.24, 2.45) is 0 Å². The molecule has 2 aromatic rings. The normalized spacial score (nSPS) is 10.3. The lowest BCUT2D eigenvalue weighted by Crippen LogP contribution is -1.85. The second kappa shape index (κ2) is 4.40. The maximum atomic E-state index is 6.04. The molecule has 1 nitrogen and oxygen atoms in total. The Morgan fingerprint density at radius 2 is 1.67 bits per heavy atom. The van der Waals surface area contributed by atoms with Gasteiger partial charge in [-0.25, -0.2) is 4.98 Å². The molecule has 1 heterocycles. The Balaban J connectivity index is 2.59. The summed E-state index contributed by atoms with van der Waals surface area (Å²) in [6.07, 6.45) is 0. The molecular formula is C11H6Cl3N. The largest absolute Gasteiger partial charge is 0.236 e. The molecule has 0 aliphatic rings. The number of nitrogens with zero attached hydrogens (tertiary/aromatic N) is 1. The first kappa shape index (κ1) is 10.7. The van der Waals surface area contributed by atoms with E-state index >= 15 is 0 Å². The summed E-state index contributed by atoms with van der Waals surface area (Å²) in [7, 11) is 0. The average Bonchev–Trinajstić information content (AvgIpc) is 2.16. The maximum Gasteiger partial charge on any atom is 0.131 e. The molecule has 15 heavy (non-hydrogen) atoms. The van der Waals surface area contributed by atoms with Crippen LogP contribution in [0.4, 0.5) is 0 Å². The van der Waals surface area contributed by atoms with Gasteiger partial charge < -0.3 is 0 Å². The van der Waals surface area contributed by atoms with Gasteiger partial charge in [0.05, 0.1) is 5.69 Å². The maximum absolute atomic E-state index is 6.04. The van der Waals surface area contributed by atoms with Crippen molar-refractivity contribution in [1.29, 1.82) is 0 Å². The summed E-state index contributed by atoms with van der Waals surface area (Å²) in [5.41, 5.74) is 1.50. The van der Waals surface area contributed by atoms with Crippen molar-refractivity contribution >= 4 is 34.8 Å². The van der Waals surface area contributed by atoms with Crippen LogP contribution in [0, 0.1) is 0 Å². The van der Waals surface area contributed by atoms with E-state index in [2.05, 4.69) is 4.98 Å². The third-order valence-corrected chi connectivity index (χ3v) is 2.65. The first-order valence-corrected chi connectivity index (χ1v) is 5.38. The fourth-order valence-corrected chi connectivity index (χ4v) is 1.98. The fraction of sp³-hybridized carbons (Fsp3) is 0. The van der Waals surface area contributed by atoms with Gasteiger partial charge in [-0.3, -0.25) is 0 Å². The van der Waals surface area contributed by atoms with E-state index in [9.17, 15) is 0 Å². The van der Waals surface area contributed by atoms with Gasteiger partial charge in [0, 0.05) is 15.6 Å². The molecule has 0 atom stereocenters. The third-order valence-electron chi connectivity index (χ3n) is 1.91. The second-order valence-corrected chi connectivity index (χ2v) is 4.20. The predicted octanol–water partition coefficient (Wildman–Crippen LogP) is 4.71. The molecule has 76 valence electrons. The van der Waals surface area contributed by atoms with Gasteiger partial charge in [-0.1, -0.05) is 53.0 Å². The van der Waals surface area contributed by atoms with Crippen LogP contribution >= 0.6 is 34.8 Å². The zero-order valence-corrected chi connectivity index (χ0v) is 9.81. The zero-order chi connectivity index (χ0) is 10.8. The van der Waals surface area contributed by atoms with Gasteiger partial charge in [0.1, 0.15) is 5.15 Å². The first-order chi connectivity index (χ1) is 7.16. The van der Waals surface area contributed by atoms with Crippen LogP contribution in [0.25, 0.3) is 11.3 Å². The summed E-state index contributed by atoms with van der Waals surface area (Å²) < 4.78 is 0. The van der Waals surface area contributed by atoms with Crippen molar-refractivity contribution in [3.63, 3.8) is 0 Å². The molecule has 4 heteroatoms. The summed E-state index contributed by atoms with van der Waals surface area (Å²) in [5, 5.41) is 1.53. The van der Waals surface area contributed by atoms with Crippen LogP contribution in [0.3, 0.4) is 0 Å². The number of benzene rings is 1. The Morgan fingerprint density at radius 3 is 2.33 bits per heavy atom. The van der Waals surface area contributed by atoms with Gasteiger partial charge in [0.15, 0.2) is 0 Å². The van der Waals surface area contributed by atoms with E-state index in [4.69, 9.17) is 34.8 Å². The minimum atomic E-state index is 0.359. The molecule has 0 radical (unpaired) electrons. The molecule has 0 saturated carbocycles. The smallest absolute Gasteiger partial charge is 0.131 e. The number of hydrogen-bond donors (Lipinski definition) is 0. The highest BCUT2D eigenvalue weighted by Crippen LogP contribution is 2.29. The molecule has 0 aliphatic heterocycles. The summed E-state index contributed by atoms with van der Waals surface area (Å²) >= 11 is 17.7. The minimum Gasteiger partial charge on any atom is -0.236 e. The highest BCUT2D eigenvalue weighted by atomic mass is 35.5. The molecule has 1 aromatic heterocycles. The van der Waals surface area contributed by atoms with Gasteiger partial charge >= 0.3 is 0 Å². The van der Waals surface area contributed by atoms with Gasteiger partial charge in [-0.15, -0.1) is 0 Å². The number of pyridine rings is 1. The molecule has 0 N–H and O–H groups in total. The van der Waals surface area contributed by atoms with E-state index in [1.165, 1.54) is 0 Å². The quantitative estimate of drug-likeness (QED) is 0.675. The van der Waals surface area contributed by atoms with Crippen LogP contribution in [0.2, 0.25) is 15.2 Å². The monoisotopic (exact) mass is 257 g/mol. The Kier molecular flexibility index (Phi) is 3.15. The lowest BCUT2D eigenvalue weighted by molar-refractivity contribution is 1.33. The van der Waals surface area contributed by atoms with Crippen LogP contribution in [0.5, 0.6) is 0 Å². The van der Waals surface area contributed by atoms with E-state index in [0.29, 0.717) is 20.9 Å². The van der Waals surface area contributed by atoms with Gasteiger partial charge in [-0.2, -0.15) is 0 Å². The molecule has 0 fully saturated rings.